The molecule has 0 aliphatic carbocycles. The standard InChI is InChI=1S/C22H26N2O4S/c1-15-8-9-21(16(2)14-15)29(27,28)24-12-10-18(11-13-24)22(26)23-20-7-5-4-6-19(20)17(3)25/h4-9,14,18H,10-13H2,1-3H3,(H,23,26). The highest BCUT2D eigenvalue weighted by Gasteiger charge is 2.33. The predicted molar refractivity (Wildman–Crippen MR) is 112 cm³/mol. The van der Waals surface area contributed by atoms with E-state index < -0.39 is 10.0 Å². The van der Waals surface area contributed by atoms with Crippen LogP contribution in [-0.4, -0.2) is 37.5 Å². The number of carbonyl (C=O) groups is 2. The summed E-state index contributed by atoms with van der Waals surface area (Å²) in [5.41, 5.74) is 2.71. The highest BCUT2D eigenvalue weighted by atomic mass is 32.2. The first-order chi connectivity index (χ1) is 13.7. The lowest BCUT2D eigenvalue weighted by atomic mass is 9.97. The number of hydrogen-bond donors (Lipinski definition) is 1. The molecule has 1 fully saturated rings. The highest BCUT2D eigenvalue weighted by molar-refractivity contribution is 7.89. The van der Waals surface area contributed by atoms with Gasteiger partial charge in [-0.05, 0) is 57.4 Å². The van der Waals surface area contributed by atoms with Gasteiger partial charge in [0.2, 0.25) is 15.9 Å². The SMILES string of the molecule is CC(=O)c1ccccc1NC(=O)C1CCN(S(=O)(=O)c2ccc(C)cc2C)CC1. The molecule has 1 saturated heterocycles. The molecule has 0 saturated carbocycles. The van der Waals surface area contributed by atoms with Crippen molar-refractivity contribution in [3.63, 3.8) is 0 Å². The number of ketones is 1. The van der Waals surface area contributed by atoms with Crippen LogP contribution in [0.1, 0.15) is 41.3 Å². The summed E-state index contributed by atoms with van der Waals surface area (Å²) >= 11 is 0. The number of anilines is 1. The van der Waals surface area contributed by atoms with Crippen molar-refractivity contribution in [3.05, 3.63) is 59.2 Å². The number of nitrogens with zero attached hydrogens (tertiary/aromatic N) is 1. The van der Waals surface area contributed by atoms with Gasteiger partial charge in [0.1, 0.15) is 0 Å². The van der Waals surface area contributed by atoms with Gasteiger partial charge in [0.05, 0.1) is 10.6 Å². The van der Waals surface area contributed by atoms with Gasteiger partial charge in [0, 0.05) is 24.6 Å². The van der Waals surface area contributed by atoms with E-state index in [2.05, 4.69) is 5.32 Å². The molecule has 29 heavy (non-hydrogen) atoms. The number of Topliss-reactive ketones (excluding diaryl/α,β-unsaturated/α-hetero) is 1. The van der Waals surface area contributed by atoms with E-state index in [0.29, 0.717) is 42.1 Å². The van der Waals surface area contributed by atoms with Crippen LogP contribution < -0.4 is 5.32 Å². The summed E-state index contributed by atoms with van der Waals surface area (Å²) in [6, 6.07) is 12.2. The minimum Gasteiger partial charge on any atom is -0.325 e. The second-order valence-corrected chi connectivity index (χ2v) is 9.44. The lowest BCUT2D eigenvalue weighted by Crippen LogP contribution is -2.41. The molecule has 0 atom stereocenters. The number of rotatable bonds is 5. The zero-order valence-electron chi connectivity index (χ0n) is 16.9. The smallest absolute Gasteiger partial charge is 0.243 e. The normalized spacial score (nSPS) is 15.8. The topological polar surface area (TPSA) is 83.6 Å². The molecule has 1 aliphatic rings. The second kappa shape index (κ2) is 8.47. The van der Waals surface area contributed by atoms with Crippen LogP contribution in [-0.2, 0) is 14.8 Å². The van der Waals surface area contributed by atoms with E-state index in [1.807, 2.05) is 13.0 Å². The first-order valence-electron chi connectivity index (χ1n) is 9.68. The van der Waals surface area contributed by atoms with Crippen molar-refractivity contribution in [1.82, 2.24) is 4.31 Å². The molecule has 3 rings (SSSR count). The van der Waals surface area contributed by atoms with Gasteiger partial charge in [-0.15, -0.1) is 0 Å². The van der Waals surface area contributed by atoms with Gasteiger partial charge in [0.15, 0.2) is 5.78 Å². The van der Waals surface area contributed by atoms with Crippen molar-refractivity contribution in [2.75, 3.05) is 18.4 Å². The molecule has 2 aromatic carbocycles. The molecule has 6 nitrogen and oxygen atoms in total. The van der Waals surface area contributed by atoms with Crippen LogP contribution in [0, 0.1) is 19.8 Å². The molecule has 154 valence electrons. The number of nitrogens with one attached hydrogen (secondary N) is 1. The molecule has 1 heterocycles. The maximum absolute atomic E-state index is 13.0. The third kappa shape index (κ3) is 4.57. The quantitative estimate of drug-likeness (QED) is 0.759. The van der Waals surface area contributed by atoms with E-state index in [1.54, 1.807) is 43.3 Å². The lowest BCUT2D eigenvalue weighted by Gasteiger charge is -2.31. The van der Waals surface area contributed by atoms with E-state index >= 15 is 0 Å². The van der Waals surface area contributed by atoms with E-state index in [9.17, 15) is 18.0 Å². The number of aryl methyl sites for hydroxylation is 2. The Kier molecular flexibility index (Phi) is 6.19. The molecule has 0 radical (unpaired) electrons. The van der Waals surface area contributed by atoms with Crippen molar-refractivity contribution in [3.8, 4) is 0 Å². The molecule has 0 bridgehead atoms. The Morgan fingerprint density at radius 2 is 1.69 bits per heavy atom. The van der Waals surface area contributed by atoms with Crippen LogP contribution in [0.2, 0.25) is 0 Å². The third-order valence-corrected chi connectivity index (χ3v) is 7.40. The van der Waals surface area contributed by atoms with Gasteiger partial charge in [0.25, 0.3) is 0 Å². The molecule has 1 amide bonds. The molecular formula is C22H26N2O4S. The Balaban J connectivity index is 1.67. The van der Waals surface area contributed by atoms with Crippen molar-refractivity contribution in [1.29, 1.82) is 0 Å². The van der Waals surface area contributed by atoms with Crippen molar-refractivity contribution in [2.45, 2.75) is 38.5 Å². The molecule has 1 aliphatic heterocycles. The van der Waals surface area contributed by atoms with Crippen LogP contribution in [0.4, 0.5) is 5.69 Å². The third-order valence-electron chi connectivity index (χ3n) is 5.34. The fourth-order valence-corrected chi connectivity index (χ4v) is 5.40. The number of sulfonamides is 1. The molecular weight excluding hydrogens is 388 g/mol. The second-order valence-electron chi connectivity index (χ2n) is 7.54. The highest BCUT2D eigenvalue weighted by Crippen LogP contribution is 2.27. The Morgan fingerprint density at radius 3 is 2.31 bits per heavy atom. The maximum Gasteiger partial charge on any atom is 0.243 e. The van der Waals surface area contributed by atoms with Crippen LogP contribution in [0.25, 0.3) is 0 Å². The lowest BCUT2D eigenvalue weighted by molar-refractivity contribution is -0.120. The zero-order valence-corrected chi connectivity index (χ0v) is 17.8. The van der Waals surface area contributed by atoms with E-state index in [0.717, 1.165) is 11.1 Å². The molecule has 0 unspecified atom stereocenters. The van der Waals surface area contributed by atoms with Crippen LogP contribution in [0.15, 0.2) is 47.4 Å². The summed E-state index contributed by atoms with van der Waals surface area (Å²) in [4.78, 5) is 24.7. The van der Waals surface area contributed by atoms with Gasteiger partial charge in [-0.2, -0.15) is 4.31 Å². The van der Waals surface area contributed by atoms with Gasteiger partial charge in [-0.3, -0.25) is 9.59 Å². The average molecular weight is 415 g/mol. The fraction of sp³-hybridized carbons (Fsp3) is 0.364. The zero-order chi connectivity index (χ0) is 21.2. The van der Waals surface area contributed by atoms with Crippen LogP contribution in [0.5, 0.6) is 0 Å². The molecule has 1 N–H and O–H groups in total. The Bertz CT molecular complexity index is 1040. The number of para-hydroxylation sites is 1. The number of hydrogen-bond acceptors (Lipinski definition) is 4. The largest absolute Gasteiger partial charge is 0.325 e. The molecule has 0 spiro atoms. The summed E-state index contributed by atoms with van der Waals surface area (Å²) in [5.74, 6) is -0.585. The van der Waals surface area contributed by atoms with Crippen molar-refractivity contribution in [2.24, 2.45) is 5.92 Å². The predicted octanol–water partition coefficient (Wildman–Crippen LogP) is 3.55. The van der Waals surface area contributed by atoms with E-state index in [-0.39, 0.29) is 17.6 Å². The summed E-state index contributed by atoms with van der Waals surface area (Å²) in [5, 5.41) is 2.83. The Labute approximate surface area is 172 Å². The van der Waals surface area contributed by atoms with Crippen LogP contribution in [0.3, 0.4) is 0 Å². The molecule has 0 aromatic heterocycles. The van der Waals surface area contributed by atoms with Crippen molar-refractivity contribution >= 4 is 27.4 Å². The summed E-state index contributed by atoms with van der Waals surface area (Å²) in [6.45, 7) is 5.77. The van der Waals surface area contributed by atoms with Crippen molar-refractivity contribution < 1.29 is 18.0 Å². The fourth-order valence-electron chi connectivity index (χ4n) is 3.72. The van der Waals surface area contributed by atoms with Gasteiger partial charge in [-0.1, -0.05) is 29.8 Å². The minimum atomic E-state index is -3.58. The number of benzene rings is 2. The first-order valence-corrected chi connectivity index (χ1v) is 11.1. The summed E-state index contributed by atoms with van der Waals surface area (Å²) in [6.07, 6.45) is 0.885. The summed E-state index contributed by atoms with van der Waals surface area (Å²) < 4.78 is 27.4. The monoisotopic (exact) mass is 414 g/mol. The van der Waals surface area contributed by atoms with Gasteiger partial charge in [-0.25, -0.2) is 8.42 Å². The van der Waals surface area contributed by atoms with E-state index in [1.165, 1.54) is 11.2 Å². The average Bonchev–Trinajstić information content (AvgIpc) is 2.68. The van der Waals surface area contributed by atoms with E-state index in [4.69, 9.17) is 0 Å². The molecule has 2 aromatic rings. The van der Waals surface area contributed by atoms with Gasteiger partial charge >= 0.3 is 0 Å². The Morgan fingerprint density at radius 1 is 1.03 bits per heavy atom. The van der Waals surface area contributed by atoms with Crippen LogP contribution >= 0.6 is 0 Å². The Hall–Kier alpha value is -2.51. The van der Waals surface area contributed by atoms with Gasteiger partial charge < -0.3 is 5.32 Å². The molecule has 7 heteroatoms. The minimum absolute atomic E-state index is 0.115. The number of amides is 1. The number of piperidine rings is 1. The number of carbonyl (C=O) groups excluding carboxylic acids is 2. The first kappa shape index (κ1) is 21.2. The summed E-state index contributed by atoms with van der Waals surface area (Å²) in [7, 11) is -3.58. The maximum atomic E-state index is 13.0.